The van der Waals surface area contributed by atoms with Gasteiger partial charge < -0.3 is 9.47 Å². The molecule has 0 fully saturated rings. The third-order valence-electron chi connectivity index (χ3n) is 4.97. The van der Waals surface area contributed by atoms with Crippen LogP contribution >= 0.6 is 11.3 Å². The second-order valence-electron chi connectivity index (χ2n) is 7.38. The Kier molecular flexibility index (Phi) is 8.51. The van der Waals surface area contributed by atoms with E-state index in [1.165, 1.54) is 54.8 Å². The number of hydrogen-bond donors (Lipinski definition) is 1. The standard InChI is InChI=1S/C23H23F3N2O5S2/c1-3-15-8-11-19(13-20(15)22(29)32-2)35(30,31)27-12-4-5-17-14-34-21(28-17)16-6-9-18(10-7-16)33-23(24,25)26/h6-11,13-14,27H,3-5,12H2,1-2H3. The van der Waals surface area contributed by atoms with Crippen LogP contribution in [0.2, 0.25) is 0 Å². The molecule has 0 saturated carbocycles. The van der Waals surface area contributed by atoms with Crippen molar-refractivity contribution in [2.24, 2.45) is 0 Å². The zero-order valence-electron chi connectivity index (χ0n) is 18.9. The molecule has 35 heavy (non-hydrogen) atoms. The first-order chi connectivity index (χ1) is 16.5. The number of ether oxygens (including phenoxy) is 2. The number of benzene rings is 2. The lowest BCUT2D eigenvalue weighted by Gasteiger charge is -2.10. The zero-order valence-corrected chi connectivity index (χ0v) is 20.5. The van der Waals surface area contributed by atoms with Crippen LogP contribution < -0.4 is 9.46 Å². The van der Waals surface area contributed by atoms with E-state index >= 15 is 0 Å². The first-order valence-electron chi connectivity index (χ1n) is 10.5. The lowest BCUT2D eigenvalue weighted by atomic mass is 10.1. The van der Waals surface area contributed by atoms with Gasteiger partial charge in [0.2, 0.25) is 10.0 Å². The Morgan fingerprint density at radius 1 is 1.14 bits per heavy atom. The van der Waals surface area contributed by atoms with Crippen LogP contribution in [0.4, 0.5) is 13.2 Å². The van der Waals surface area contributed by atoms with E-state index < -0.39 is 22.4 Å². The number of aryl methyl sites for hydroxylation is 2. The van der Waals surface area contributed by atoms with Crippen LogP contribution in [0.1, 0.15) is 35.0 Å². The Bertz CT molecular complexity index is 1270. The van der Waals surface area contributed by atoms with Gasteiger partial charge in [-0.15, -0.1) is 24.5 Å². The Balaban J connectivity index is 1.56. The number of aromatic nitrogens is 1. The molecule has 3 rings (SSSR count). The molecule has 12 heteroatoms. The fourth-order valence-corrected chi connectivity index (χ4v) is 5.20. The summed E-state index contributed by atoms with van der Waals surface area (Å²) in [6.45, 7) is 2.01. The number of sulfonamides is 1. The molecule has 1 aromatic heterocycles. The number of halogens is 3. The maximum atomic E-state index is 12.7. The van der Waals surface area contributed by atoms with Crippen LogP contribution in [0.25, 0.3) is 10.6 Å². The minimum atomic E-state index is -4.75. The average Bonchev–Trinajstić information content (AvgIpc) is 3.29. The molecule has 0 atom stereocenters. The Morgan fingerprint density at radius 2 is 1.86 bits per heavy atom. The molecule has 0 amide bonds. The molecule has 3 aromatic rings. The topological polar surface area (TPSA) is 94.6 Å². The van der Waals surface area contributed by atoms with E-state index in [2.05, 4.69) is 14.4 Å². The van der Waals surface area contributed by atoms with Gasteiger partial charge in [-0.1, -0.05) is 13.0 Å². The highest BCUT2D eigenvalue weighted by atomic mass is 32.2. The summed E-state index contributed by atoms with van der Waals surface area (Å²) in [7, 11) is -2.59. The number of methoxy groups -OCH3 is 1. The molecule has 7 nitrogen and oxygen atoms in total. The summed E-state index contributed by atoms with van der Waals surface area (Å²) >= 11 is 1.34. The molecule has 2 aromatic carbocycles. The van der Waals surface area contributed by atoms with Gasteiger partial charge in [0.15, 0.2) is 0 Å². The summed E-state index contributed by atoms with van der Waals surface area (Å²) in [4.78, 5) is 16.4. The van der Waals surface area contributed by atoms with E-state index in [4.69, 9.17) is 4.74 Å². The average molecular weight is 529 g/mol. The maximum Gasteiger partial charge on any atom is 0.573 e. The highest BCUT2D eigenvalue weighted by Gasteiger charge is 2.31. The van der Waals surface area contributed by atoms with Crippen molar-refractivity contribution < 1.29 is 35.9 Å². The highest BCUT2D eigenvalue weighted by molar-refractivity contribution is 7.89. The van der Waals surface area contributed by atoms with Gasteiger partial charge >= 0.3 is 12.3 Å². The second-order valence-corrected chi connectivity index (χ2v) is 10.0. The van der Waals surface area contributed by atoms with E-state index in [-0.39, 0.29) is 22.8 Å². The molecule has 0 aliphatic rings. The largest absolute Gasteiger partial charge is 0.573 e. The number of thiazole rings is 1. The predicted molar refractivity (Wildman–Crippen MR) is 125 cm³/mol. The number of nitrogens with zero attached hydrogens (tertiary/aromatic N) is 1. The number of nitrogens with one attached hydrogen (secondary N) is 1. The van der Waals surface area contributed by atoms with Crippen molar-refractivity contribution >= 4 is 27.3 Å². The van der Waals surface area contributed by atoms with E-state index in [9.17, 15) is 26.4 Å². The van der Waals surface area contributed by atoms with E-state index in [1.807, 2.05) is 12.3 Å². The zero-order chi connectivity index (χ0) is 25.6. The molecule has 0 spiro atoms. The first kappa shape index (κ1) is 26.6. The van der Waals surface area contributed by atoms with Gasteiger partial charge in [0, 0.05) is 17.5 Å². The maximum absolute atomic E-state index is 12.7. The monoisotopic (exact) mass is 528 g/mol. The SMILES string of the molecule is CCc1ccc(S(=O)(=O)NCCCc2csc(-c3ccc(OC(F)(F)F)cc3)n2)cc1C(=O)OC. The summed E-state index contributed by atoms with van der Waals surface area (Å²) < 4.78 is 73.3. The van der Waals surface area contributed by atoms with Crippen LogP contribution in [0, 0.1) is 0 Å². The van der Waals surface area contributed by atoms with Crippen molar-refractivity contribution in [1.29, 1.82) is 0 Å². The molecule has 0 aliphatic carbocycles. The number of hydrogen-bond acceptors (Lipinski definition) is 7. The van der Waals surface area contributed by atoms with Crippen molar-refractivity contribution in [2.75, 3.05) is 13.7 Å². The van der Waals surface area contributed by atoms with E-state index in [1.54, 1.807) is 6.07 Å². The van der Waals surface area contributed by atoms with Gasteiger partial charge in [0.25, 0.3) is 0 Å². The quantitative estimate of drug-likeness (QED) is 0.295. The van der Waals surface area contributed by atoms with Crippen molar-refractivity contribution in [1.82, 2.24) is 9.71 Å². The van der Waals surface area contributed by atoms with E-state index in [0.29, 0.717) is 35.4 Å². The molecule has 0 aliphatic heterocycles. The van der Waals surface area contributed by atoms with Gasteiger partial charge in [-0.2, -0.15) is 0 Å². The van der Waals surface area contributed by atoms with Gasteiger partial charge in [0.05, 0.1) is 23.3 Å². The minimum absolute atomic E-state index is 0.0241. The van der Waals surface area contributed by atoms with Crippen molar-refractivity contribution in [3.8, 4) is 16.3 Å². The summed E-state index contributed by atoms with van der Waals surface area (Å²) in [5.74, 6) is -0.908. The van der Waals surface area contributed by atoms with Gasteiger partial charge in [0.1, 0.15) is 10.8 Å². The molecular formula is C23H23F3N2O5S2. The van der Waals surface area contributed by atoms with Crippen LogP contribution in [-0.2, 0) is 27.6 Å². The fourth-order valence-electron chi connectivity index (χ4n) is 3.24. The highest BCUT2D eigenvalue weighted by Crippen LogP contribution is 2.28. The number of alkyl halides is 3. The lowest BCUT2D eigenvalue weighted by Crippen LogP contribution is -2.25. The van der Waals surface area contributed by atoms with Crippen molar-refractivity contribution in [3.05, 3.63) is 64.7 Å². The molecule has 1 N–H and O–H groups in total. The molecule has 0 radical (unpaired) electrons. The number of rotatable bonds is 10. The number of carbonyl (C=O) groups excluding carboxylic acids is 1. The summed E-state index contributed by atoms with van der Waals surface area (Å²) in [6, 6.07) is 9.78. The molecule has 188 valence electrons. The van der Waals surface area contributed by atoms with Crippen LogP contribution in [0.15, 0.2) is 52.7 Å². The molecule has 0 unspecified atom stereocenters. The predicted octanol–water partition coefficient (Wildman–Crippen LogP) is 4.97. The summed E-state index contributed by atoms with van der Waals surface area (Å²) in [6.07, 6.45) is -3.23. The van der Waals surface area contributed by atoms with Crippen molar-refractivity contribution in [3.63, 3.8) is 0 Å². The van der Waals surface area contributed by atoms with Gasteiger partial charge in [-0.3, -0.25) is 0 Å². The third-order valence-corrected chi connectivity index (χ3v) is 7.37. The number of carbonyl (C=O) groups is 1. The minimum Gasteiger partial charge on any atom is -0.465 e. The second kappa shape index (κ2) is 11.2. The molecule has 1 heterocycles. The molecular weight excluding hydrogens is 505 g/mol. The van der Waals surface area contributed by atoms with E-state index in [0.717, 1.165) is 5.69 Å². The van der Waals surface area contributed by atoms with Crippen LogP contribution in [0.5, 0.6) is 5.75 Å². The summed E-state index contributed by atoms with van der Waals surface area (Å²) in [5, 5.41) is 2.45. The van der Waals surface area contributed by atoms with Crippen molar-refractivity contribution in [2.45, 2.75) is 37.4 Å². The van der Waals surface area contributed by atoms with Gasteiger partial charge in [-0.25, -0.2) is 22.9 Å². The Labute approximate surface area is 205 Å². The van der Waals surface area contributed by atoms with Gasteiger partial charge in [-0.05, 0) is 61.2 Å². The Hall–Kier alpha value is -2.96. The van der Waals surface area contributed by atoms with Crippen LogP contribution in [0.3, 0.4) is 0 Å². The molecule has 0 saturated heterocycles. The third kappa shape index (κ3) is 7.26. The normalized spacial score (nSPS) is 11.9. The number of esters is 1. The lowest BCUT2D eigenvalue weighted by molar-refractivity contribution is -0.274. The molecule has 0 bridgehead atoms. The smallest absolute Gasteiger partial charge is 0.465 e. The first-order valence-corrected chi connectivity index (χ1v) is 12.9. The fraction of sp³-hybridized carbons (Fsp3) is 0.304. The summed E-state index contributed by atoms with van der Waals surface area (Å²) in [5.41, 5.74) is 2.29. The van der Waals surface area contributed by atoms with Crippen LogP contribution in [-0.4, -0.2) is 39.4 Å². The Morgan fingerprint density at radius 3 is 2.49 bits per heavy atom.